The molecule has 0 fully saturated rings. The first-order valence-electron chi connectivity index (χ1n) is 4.22. The fraction of sp³-hybridized carbons (Fsp3) is 0.250. The average Bonchev–Trinajstić information content (AvgIpc) is 2.18. The number of anilines is 1. The number of nitrogens with zero attached hydrogens (tertiary/aromatic N) is 1. The van der Waals surface area contributed by atoms with Gasteiger partial charge >= 0.3 is 12.3 Å². The topological polar surface area (TPSA) is 111 Å². The third-order valence-electron chi connectivity index (χ3n) is 1.76. The molecule has 94 valence electrons. The molecule has 5 N–H and O–H groups in total. The van der Waals surface area contributed by atoms with Crippen molar-refractivity contribution in [3.63, 3.8) is 0 Å². The maximum Gasteiger partial charge on any atom is 0.573 e. The standard InChI is InChI=1S/C8H8F3N3O3/c9-8(10,11)17-6-3(13)2-14-4(1-12)5(6)7(15)16/h2H,1,12-13H2,(H,15,16). The van der Waals surface area contributed by atoms with Gasteiger partial charge in [0, 0.05) is 6.54 Å². The van der Waals surface area contributed by atoms with E-state index in [1.54, 1.807) is 0 Å². The second kappa shape index (κ2) is 4.45. The Morgan fingerprint density at radius 1 is 1.53 bits per heavy atom. The van der Waals surface area contributed by atoms with Gasteiger partial charge < -0.3 is 21.3 Å². The molecule has 1 rings (SSSR count). The molecule has 1 aromatic heterocycles. The molecule has 0 radical (unpaired) electrons. The Bertz CT molecular complexity index is 448. The quantitative estimate of drug-likeness (QED) is 0.729. The van der Waals surface area contributed by atoms with Gasteiger partial charge in [-0.25, -0.2) is 4.79 Å². The minimum absolute atomic E-state index is 0.244. The smallest absolute Gasteiger partial charge is 0.477 e. The van der Waals surface area contributed by atoms with Gasteiger partial charge in [0.05, 0.1) is 17.6 Å². The second-order valence-corrected chi connectivity index (χ2v) is 2.92. The molecule has 0 saturated carbocycles. The van der Waals surface area contributed by atoms with Crippen LogP contribution in [0.1, 0.15) is 16.1 Å². The lowest BCUT2D eigenvalue weighted by molar-refractivity contribution is -0.274. The molecule has 0 bridgehead atoms. The molecule has 0 spiro atoms. The maximum atomic E-state index is 12.1. The third-order valence-corrected chi connectivity index (χ3v) is 1.76. The summed E-state index contributed by atoms with van der Waals surface area (Å²) in [6.45, 7) is -0.351. The van der Waals surface area contributed by atoms with E-state index in [0.717, 1.165) is 6.20 Å². The number of carboxylic acids is 1. The average molecular weight is 251 g/mol. The van der Waals surface area contributed by atoms with Crippen LogP contribution in [0.4, 0.5) is 18.9 Å². The summed E-state index contributed by atoms with van der Waals surface area (Å²) in [4.78, 5) is 14.4. The van der Waals surface area contributed by atoms with E-state index in [0.29, 0.717) is 0 Å². The highest BCUT2D eigenvalue weighted by molar-refractivity contribution is 5.94. The molecule has 0 saturated heterocycles. The van der Waals surface area contributed by atoms with Crippen LogP contribution in [0, 0.1) is 0 Å². The van der Waals surface area contributed by atoms with Crippen LogP contribution in [0.25, 0.3) is 0 Å². The van der Waals surface area contributed by atoms with Gasteiger partial charge in [-0.15, -0.1) is 13.2 Å². The van der Waals surface area contributed by atoms with E-state index in [-0.39, 0.29) is 12.2 Å². The van der Waals surface area contributed by atoms with Crippen molar-refractivity contribution in [1.29, 1.82) is 0 Å². The number of halogens is 3. The molecule has 9 heteroatoms. The van der Waals surface area contributed by atoms with Gasteiger partial charge in [0.15, 0.2) is 5.75 Å². The van der Waals surface area contributed by atoms with E-state index in [4.69, 9.17) is 16.6 Å². The Hall–Kier alpha value is -2.03. The molecule has 1 aromatic rings. The molecule has 0 aliphatic rings. The summed E-state index contributed by atoms with van der Waals surface area (Å²) in [5.74, 6) is -2.65. The number of pyridine rings is 1. The fourth-order valence-corrected chi connectivity index (χ4v) is 1.15. The van der Waals surface area contributed by atoms with Crippen LogP contribution in [-0.2, 0) is 6.54 Å². The zero-order valence-corrected chi connectivity index (χ0v) is 8.28. The zero-order chi connectivity index (χ0) is 13.2. The first-order chi connectivity index (χ1) is 7.76. The van der Waals surface area contributed by atoms with Crippen molar-refractivity contribution < 1.29 is 27.8 Å². The largest absolute Gasteiger partial charge is 0.573 e. The van der Waals surface area contributed by atoms with Gasteiger partial charge in [-0.1, -0.05) is 0 Å². The van der Waals surface area contributed by atoms with Gasteiger partial charge in [-0.3, -0.25) is 4.98 Å². The van der Waals surface area contributed by atoms with E-state index < -0.39 is 29.3 Å². The zero-order valence-electron chi connectivity index (χ0n) is 8.28. The lowest BCUT2D eigenvalue weighted by Crippen LogP contribution is -2.22. The molecular formula is C8H8F3N3O3. The van der Waals surface area contributed by atoms with Gasteiger partial charge in [0.25, 0.3) is 0 Å². The monoisotopic (exact) mass is 251 g/mol. The number of nitrogens with two attached hydrogens (primary N) is 2. The Morgan fingerprint density at radius 2 is 2.12 bits per heavy atom. The van der Waals surface area contributed by atoms with Gasteiger partial charge in [0.1, 0.15) is 5.56 Å². The number of aromatic nitrogens is 1. The minimum atomic E-state index is -5.05. The Morgan fingerprint density at radius 3 is 2.53 bits per heavy atom. The van der Waals surface area contributed by atoms with Crippen LogP contribution in [0.5, 0.6) is 5.75 Å². The van der Waals surface area contributed by atoms with Crippen LogP contribution in [0.3, 0.4) is 0 Å². The predicted octanol–water partition coefficient (Wildman–Crippen LogP) is 0.719. The van der Waals surface area contributed by atoms with E-state index in [2.05, 4.69) is 9.72 Å². The summed E-state index contributed by atoms with van der Waals surface area (Å²) in [6, 6.07) is 0. The Balaban J connectivity index is 3.39. The van der Waals surface area contributed by atoms with Crippen molar-refractivity contribution in [2.45, 2.75) is 12.9 Å². The molecule has 17 heavy (non-hydrogen) atoms. The van der Waals surface area contributed by atoms with E-state index >= 15 is 0 Å². The minimum Gasteiger partial charge on any atom is -0.477 e. The predicted molar refractivity (Wildman–Crippen MR) is 50.2 cm³/mol. The Labute approximate surface area is 93.0 Å². The summed E-state index contributed by atoms with van der Waals surface area (Å²) < 4.78 is 39.8. The van der Waals surface area contributed by atoms with Crippen molar-refractivity contribution in [3.8, 4) is 5.75 Å². The lowest BCUT2D eigenvalue weighted by Gasteiger charge is -2.14. The van der Waals surface area contributed by atoms with Crippen molar-refractivity contribution in [2.75, 3.05) is 5.73 Å². The fourth-order valence-electron chi connectivity index (χ4n) is 1.15. The molecule has 0 unspecified atom stereocenters. The van der Waals surface area contributed by atoms with E-state index in [1.807, 2.05) is 0 Å². The number of ether oxygens (including phenoxy) is 1. The molecule has 0 amide bonds. The van der Waals surface area contributed by atoms with E-state index in [1.165, 1.54) is 0 Å². The van der Waals surface area contributed by atoms with Crippen molar-refractivity contribution in [2.24, 2.45) is 5.73 Å². The first kappa shape index (κ1) is 13.0. The molecule has 0 aliphatic heterocycles. The SMILES string of the molecule is NCc1ncc(N)c(OC(F)(F)F)c1C(=O)O. The van der Waals surface area contributed by atoms with Gasteiger partial charge in [-0.05, 0) is 0 Å². The number of carbonyl (C=O) groups is 1. The maximum absolute atomic E-state index is 12.1. The molecule has 6 nitrogen and oxygen atoms in total. The summed E-state index contributed by atoms with van der Waals surface area (Å²) in [6.07, 6.45) is -4.19. The highest BCUT2D eigenvalue weighted by Gasteiger charge is 2.35. The van der Waals surface area contributed by atoms with Gasteiger partial charge in [0.2, 0.25) is 0 Å². The number of aromatic carboxylic acids is 1. The van der Waals surface area contributed by atoms with Crippen LogP contribution in [0.15, 0.2) is 6.20 Å². The second-order valence-electron chi connectivity index (χ2n) is 2.92. The van der Waals surface area contributed by atoms with Crippen LogP contribution < -0.4 is 16.2 Å². The van der Waals surface area contributed by atoms with Crippen LogP contribution >= 0.6 is 0 Å². The molecule has 1 heterocycles. The summed E-state index contributed by atoms with van der Waals surface area (Å²) in [7, 11) is 0. The highest BCUT2D eigenvalue weighted by atomic mass is 19.4. The summed E-state index contributed by atoms with van der Waals surface area (Å²) >= 11 is 0. The lowest BCUT2D eigenvalue weighted by atomic mass is 10.1. The molecule has 0 atom stereocenters. The van der Waals surface area contributed by atoms with Crippen molar-refractivity contribution in [1.82, 2.24) is 4.98 Å². The first-order valence-corrected chi connectivity index (χ1v) is 4.22. The summed E-state index contributed by atoms with van der Waals surface area (Å²) in [5, 5.41) is 8.80. The molecule has 0 aromatic carbocycles. The Kier molecular flexibility index (Phi) is 3.42. The number of nitrogen functional groups attached to an aromatic ring is 1. The number of carboxylic acid groups (broad SMARTS) is 1. The number of alkyl halides is 3. The molecule has 0 aliphatic carbocycles. The van der Waals surface area contributed by atoms with Crippen LogP contribution in [-0.4, -0.2) is 22.4 Å². The van der Waals surface area contributed by atoms with Crippen LogP contribution in [0.2, 0.25) is 0 Å². The molecular weight excluding hydrogens is 243 g/mol. The summed E-state index contributed by atoms with van der Waals surface area (Å²) in [5.41, 5.74) is 8.80. The van der Waals surface area contributed by atoms with E-state index in [9.17, 15) is 18.0 Å². The third kappa shape index (κ3) is 2.97. The highest BCUT2D eigenvalue weighted by Crippen LogP contribution is 2.32. The number of hydrogen-bond donors (Lipinski definition) is 3. The number of hydrogen-bond acceptors (Lipinski definition) is 5. The normalized spacial score (nSPS) is 11.3. The number of rotatable bonds is 3. The van der Waals surface area contributed by atoms with Crippen molar-refractivity contribution in [3.05, 3.63) is 17.5 Å². The van der Waals surface area contributed by atoms with Crippen molar-refractivity contribution >= 4 is 11.7 Å². The van der Waals surface area contributed by atoms with Gasteiger partial charge in [-0.2, -0.15) is 0 Å².